The fourth-order valence-electron chi connectivity index (χ4n) is 9.05. The maximum atomic E-state index is 13.3. The third kappa shape index (κ3) is 18.8. The minimum Gasteiger partial charge on any atom is -0.506 e. The van der Waals surface area contributed by atoms with Crippen LogP contribution in [0.4, 0.5) is 64.6 Å². The summed E-state index contributed by atoms with van der Waals surface area (Å²) in [6.07, 6.45) is 7.81. The van der Waals surface area contributed by atoms with E-state index in [-0.39, 0.29) is 91.1 Å². The number of phenolic OH excluding ortho intramolecular Hbond substituents is 4. The third-order valence-corrected chi connectivity index (χ3v) is 20.3. The van der Waals surface area contributed by atoms with Gasteiger partial charge in [0, 0.05) is 62.1 Å². The van der Waals surface area contributed by atoms with Gasteiger partial charge in [-0.2, -0.15) is 21.8 Å². The van der Waals surface area contributed by atoms with Crippen LogP contribution in [0.15, 0.2) is 143 Å². The summed E-state index contributed by atoms with van der Waals surface area (Å²) in [5.41, 5.74) is 4.15. The van der Waals surface area contributed by atoms with Crippen molar-refractivity contribution in [1.82, 2.24) is 67.0 Å². The molecule has 0 radical (unpaired) electrons. The summed E-state index contributed by atoms with van der Waals surface area (Å²) in [5.74, 6) is 1.45. The van der Waals surface area contributed by atoms with E-state index in [9.17, 15) is 46.9 Å². The average Bonchev–Trinajstić information content (AvgIpc) is 1.51. The standard InChI is InChI=1S/C21H23N7O5S3.C15H13ClN6O2S.C14H13N7O2S.C12H8ClN5OS/c1-5-28(6-2)36(32,33)17-10-16(24-25-21-14-11-22-12(3)23-20(14)26-34-21)18-13(19(17)29)8-7-9-15(18)27-35(4,30)31;1-3-12(23)19-11-5-8(4-10(16)13(11)24)20-21-15-9-6-17-7(2)18-14(9)22-25-15;1-7-16-6-9-12(17-7)21-24-13(9)20-19-8-3-4-11(22)10(5-8)18-14(23)15-2;1-6-14-5-8-11(15-6)18-20-12(8)17-16-7-2-3-10(19)9(13)4-7/h7-11,27,29H,5-6H2,1-4H3;4-6,24H,3H2,1-2H3,(H,19,23);3-6,22H,1-2H3,(H2,15,18,23);2-5,19H,1H3. The highest BCUT2D eigenvalue weighted by molar-refractivity contribution is 7.92. The smallest absolute Gasteiger partial charge is 0.319 e. The fraction of sp³-hybridized carbons (Fsp3) is 0.194. The summed E-state index contributed by atoms with van der Waals surface area (Å²) < 4.78 is 71.1. The number of anilines is 3. The SMILES string of the molecule is CCC(=O)Nc1cc(N=Nc2snc3nc(C)ncc23)cc(Cl)c1O.CCN(CC)S(=O)(=O)c1cc(N=Nc2snc3nc(C)ncc23)c2c(NS(C)(=O)=O)cccc2c1O.CNC(=O)Nc1cc(N=Nc2snc3nc(C)ncc23)ccc1O.Cc1ncc2c(N=Nc3ccc(O)c(Cl)c3)snc2n1. The number of urea groups is 1. The number of azo groups is 4. The number of aryl methyl sites for hydroxylation is 4. The van der Waals surface area contributed by atoms with Crippen LogP contribution < -0.4 is 20.7 Å². The third-order valence-electron chi connectivity index (χ3n) is 14.1. The topological polar surface area (TPSA) is 488 Å². The number of phenols is 4. The molecule has 0 atom stereocenters. The molecule has 105 heavy (non-hydrogen) atoms. The molecular weight excluding hydrogens is 1520 g/mol. The quantitative estimate of drug-likeness (QED) is 0.0310. The van der Waals surface area contributed by atoms with E-state index in [0.29, 0.717) is 93.7 Å². The molecule has 0 fully saturated rings. The number of benzene rings is 5. The molecule has 0 spiro atoms. The molecule has 0 aliphatic carbocycles. The summed E-state index contributed by atoms with van der Waals surface area (Å²) in [6, 6.07) is 17.3. The van der Waals surface area contributed by atoms with E-state index < -0.39 is 31.8 Å². The highest BCUT2D eigenvalue weighted by Crippen LogP contribution is 2.45. The number of nitrogens with one attached hydrogen (secondary N) is 4. The zero-order valence-electron chi connectivity index (χ0n) is 56.2. The monoisotopic (exact) mass is 1570 g/mol. The second-order valence-electron chi connectivity index (χ2n) is 21.6. The van der Waals surface area contributed by atoms with Gasteiger partial charge in [0.2, 0.25) is 26.0 Å². The molecule has 0 unspecified atom stereocenters. The largest absolute Gasteiger partial charge is 0.506 e. The first kappa shape index (κ1) is 76.5. The highest BCUT2D eigenvalue weighted by Gasteiger charge is 2.29. The lowest BCUT2D eigenvalue weighted by atomic mass is 10.1. The first-order valence-corrected chi connectivity index (χ1v) is 37.7. The minimum absolute atomic E-state index is 0.0118. The molecule has 0 saturated carbocycles. The molecule has 0 aliphatic rings. The van der Waals surface area contributed by atoms with Gasteiger partial charge in [0.25, 0.3) is 0 Å². The van der Waals surface area contributed by atoms with Crippen molar-refractivity contribution < 1.29 is 46.9 Å². The number of halogens is 2. The molecule has 35 nitrogen and oxygen atoms in total. The fourth-order valence-corrected chi connectivity index (χ4v) is 14.1. The van der Waals surface area contributed by atoms with Crippen LogP contribution >= 0.6 is 69.3 Å². The first-order valence-electron chi connectivity index (χ1n) is 30.6. The zero-order chi connectivity index (χ0) is 75.4. The molecule has 8 heterocycles. The Morgan fingerprint density at radius 3 is 1.39 bits per heavy atom. The Morgan fingerprint density at radius 2 is 0.943 bits per heavy atom. The van der Waals surface area contributed by atoms with Gasteiger partial charge in [0.1, 0.15) is 45.4 Å². The van der Waals surface area contributed by atoms with Crippen LogP contribution in [-0.2, 0) is 24.8 Å². The average molecular weight is 1580 g/mol. The molecule has 43 heteroatoms. The maximum Gasteiger partial charge on any atom is 0.319 e. The van der Waals surface area contributed by atoms with Crippen molar-refractivity contribution in [2.45, 2.75) is 59.8 Å². The van der Waals surface area contributed by atoms with Crippen molar-refractivity contribution in [3.8, 4) is 23.0 Å². The van der Waals surface area contributed by atoms with Crippen LogP contribution in [0.1, 0.15) is 50.5 Å². The van der Waals surface area contributed by atoms with Crippen molar-refractivity contribution in [2.24, 2.45) is 40.9 Å². The van der Waals surface area contributed by atoms with E-state index in [2.05, 4.69) is 119 Å². The van der Waals surface area contributed by atoms with Gasteiger partial charge >= 0.3 is 6.03 Å². The molecule has 8 aromatic heterocycles. The number of nitrogens with zero attached hydrogens (tertiary/aromatic N) is 21. The van der Waals surface area contributed by atoms with E-state index in [1.54, 1.807) is 85.4 Å². The number of amides is 3. The molecule has 540 valence electrons. The van der Waals surface area contributed by atoms with Crippen LogP contribution in [0.2, 0.25) is 10.0 Å². The zero-order valence-corrected chi connectivity index (χ0v) is 62.6. The molecule has 13 aromatic rings. The van der Waals surface area contributed by atoms with E-state index in [4.69, 9.17) is 23.2 Å². The molecule has 8 N–H and O–H groups in total. The molecule has 0 bridgehead atoms. The summed E-state index contributed by atoms with van der Waals surface area (Å²) in [6.45, 7) is 12.6. The Balaban J connectivity index is 0.000000154. The number of aromatic hydroxyl groups is 4. The van der Waals surface area contributed by atoms with E-state index >= 15 is 0 Å². The Labute approximate surface area is 622 Å². The lowest BCUT2D eigenvalue weighted by Gasteiger charge is -2.20. The summed E-state index contributed by atoms with van der Waals surface area (Å²) in [4.78, 5) is 56.0. The Hall–Kier alpha value is -11.2. The van der Waals surface area contributed by atoms with Gasteiger partial charge in [-0.05, 0) is 134 Å². The van der Waals surface area contributed by atoms with Gasteiger partial charge in [-0.25, -0.2) is 61.5 Å². The number of sulfonamides is 2. The van der Waals surface area contributed by atoms with Gasteiger partial charge < -0.3 is 36.4 Å². The summed E-state index contributed by atoms with van der Waals surface area (Å²) >= 11 is 16.4. The highest BCUT2D eigenvalue weighted by atomic mass is 35.5. The molecule has 0 aliphatic heterocycles. The number of carbonyl (C=O) groups excluding carboxylic acids is 2. The van der Waals surface area contributed by atoms with Crippen LogP contribution in [0.3, 0.4) is 0 Å². The predicted molar refractivity (Wildman–Crippen MR) is 402 cm³/mol. The Kier molecular flexibility index (Phi) is 24.4. The van der Waals surface area contributed by atoms with E-state index in [0.717, 1.165) is 40.1 Å². The lowest BCUT2D eigenvalue weighted by molar-refractivity contribution is -0.115. The molecule has 0 saturated heterocycles. The minimum atomic E-state index is -4.09. The van der Waals surface area contributed by atoms with Crippen molar-refractivity contribution in [3.63, 3.8) is 0 Å². The number of fused-ring (bicyclic) bond motifs is 5. The van der Waals surface area contributed by atoms with Crippen LogP contribution in [-0.4, -0.2) is 137 Å². The lowest BCUT2D eigenvalue weighted by Crippen LogP contribution is -2.30. The van der Waals surface area contributed by atoms with Crippen molar-refractivity contribution in [3.05, 3.63) is 131 Å². The van der Waals surface area contributed by atoms with Gasteiger partial charge in [0.05, 0.1) is 77.7 Å². The summed E-state index contributed by atoms with van der Waals surface area (Å²) in [7, 11) is -6.32. The van der Waals surface area contributed by atoms with Crippen LogP contribution in [0.5, 0.6) is 23.0 Å². The Bertz CT molecular complexity index is 5840. The Morgan fingerprint density at radius 1 is 0.505 bits per heavy atom. The van der Waals surface area contributed by atoms with Crippen LogP contribution in [0, 0.1) is 27.7 Å². The van der Waals surface area contributed by atoms with E-state index in [1.807, 2.05) is 0 Å². The number of hydrogen-bond donors (Lipinski definition) is 8. The number of aromatic nitrogens is 12. The molecule has 5 aromatic carbocycles. The number of carbonyl (C=O) groups is 2. The van der Waals surface area contributed by atoms with Crippen molar-refractivity contribution in [2.75, 3.05) is 41.7 Å². The predicted octanol–water partition coefficient (Wildman–Crippen LogP) is 16.0. The van der Waals surface area contributed by atoms with Gasteiger partial charge in [-0.15, -0.1) is 40.9 Å². The second kappa shape index (κ2) is 33.5. The first-order chi connectivity index (χ1) is 50.1. The van der Waals surface area contributed by atoms with Crippen molar-refractivity contribution in [1.29, 1.82) is 0 Å². The maximum absolute atomic E-state index is 13.3. The van der Waals surface area contributed by atoms with Gasteiger partial charge in [-0.3, -0.25) is 9.52 Å². The normalized spacial score (nSPS) is 11.8. The molecular formula is C62H57Cl2N25O10S6. The second-order valence-corrected chi connectivity index (χ2v) is 29.0. The number of rotatable bonds is 17. The van der Waals surface area contributed by atoms with Gasteiger partial charge in [0.15, 0.2) is 48.3 Å². The molecule has 13 rings (SSSR count). The van der Waals surface area contributed by atoms with Crippen molar-refractivity contribution >= 4 is 216 Å². The van der Waals surface area contributed by atoms with Crippen LogP contribution in [0.25, 0.3) is 54.9 Å². The summed E-state index contributed by atoms with van der Waals surface area (Å²) in [5, 5.41) is 86.2. The van der Waals surface area contributed by atoms with E-state index in [1.165, 1.54) is 95.1 Å². The van der Waals surface area contributed by atoms with Gasteiger partial charge in [-0.1, -0.05) is 56.1 Å². The number of hydrogen-bond acceptors (Lipinski definition) is 34. The molecule has 3 amide bonds.